The van der Waals surface area contributed by atoms with E-state index in [4.69, 9.17) is 0 Å². The van der Waals surface area contributed by atoms with Crippen molar-refractivity contribution in [3.05, 3.63) is 36.0 Å². The number of carboxylic acid groups (broad SMARTS) is 1. The summed E-state index contributed by atoms with van der Waals surface area (Å²) in [4.78, 5) is 15.7. The van der Waals surface area contributed by atoms with E-state index in [9.17, 15) is 9.90 Å². The molecule has 1 fully saturated rings. The van der Waals surface area contributed by atoms with E-state index in [1.807, 2.05) is 36.0 Å². The Morgan fingerprint density at radius 3 is 2.81 bits per heavy atom. The van der Waals surface area contributed by atoms with Gasteiger partial charge in [0.05, 0.1) is 5.56 Å². The molecule has 5 heteroatoms. The maximum absolute atomic E-state index is 11.3. The van der Waals surface area contributed by atoms with Crippen LogP contribution in [0.25, 0.3) is 10.8 Å². The molecule has 0 bridgehead atoms. The molecule has 0 amide bonds. The monoisotopic (exact) mass is 302 g/mol. The van der Waals surface area contributed by atoms with E-state index in [1.165, 1.54) is 19.0 Å². The highest BCUT2D eigenvalue weighted by Gasteiger charge is 2.27. The first-order valence-electron chi connectivity index (χ1n) is 7.11. The van der Waals surface area contributed by atoms with E-state index in [-0.39, 0.29) is 5.56 Å². The van der Waals surface area contributed by atoms with Crippen molar-refractivity contribution in [2.24, 2.45) is 0 Å². The third kappa shape index (κ3) is 2.70. The minimum absolute atomic E-state index is 0.254. The number of anilines is 1. The normalized spacial score (nSPS) is 21.6. The summed E-state index contributed by atoms with van der Waals surface area (Å²) in [5.41, 5.74) is 0.254. The first-order chi connectivity index (χ1) is 10.2. The van der Waals surface area contributed by atoms with Gasteiger partial charge in [0.1, 0.15) is 5.82 Å². The number of benzene rings is 1. The molecule has 2 atom stereocenters. The zero-order valence-corrected chi connectivity index (χ0v) is 12.7. The topological polar surface area (TPSA) is 62.2 Å². The minimum atomic E-state index is -0.937. The van der Waals surface area contributed by atoms with Crippen molar-refractivity contribution < 1.29 is 9.90 Å². The van der Waals surface area contributed by atoms with Gasteiger partial charge in [0.25, 0.3) is 0 Å². The van der Waals surface area contributed by atoms with Gasteiger partial charge in [-0.25, -0.2) is 9.78 Å². The van der Waals surface area contributed by atoms with Gasteiger partial charge in [0.15, 0.2) is 0 Å². The van der Waals surface area contributed by atoms with Crippen LogP contribution in [0.15, 0.2) is 30.5 Å². The maximum atomic E-state index is 11.3. The van der Waals surface area contributed by atoms with Gasteiger partial charge in [-0.3, -0.25) is 0 Å². The Labute approximate surface area is 128 Å². The van der Waals surface area contributed by atoms with Crippen molar-refractivity contribution >= 4 is 34.3 Å². The van der Waals surface area contributed by atoms with Gasteiger partial charge in [-0.1, -0.05) is 30.7 Å². The molecule has 110 valence electrons. The molecule has 1 saturated carbocycles. The lowest BCUT2D eigenvalue weighted by Crippen LogP contribution is -2.26. The summed E-state index contributed by atoms with van der Waals surface area (Å²) in [7, 11) is 0. The second kappa shape index (κ2) is 5.93. The Hall–Kier alpha value is -1.75. The zero-order chi connectivity index (χ0) is 14.8. The Morgan fingerprint density at radius 2 is 2.10 bits per heavy atom. The van der Waals surface area contributed by atoms with E-state index in [2.05, 4.69) is 16.6 Å². The molecule has 1 aromatic carbocycles. The molecule has 0 spiro atoms. The van der Waals surface area contributed by atoms with Crippen LogP contribution in [0.5, 0.6) is 0 Å². The standard InChI is InChI=1S/C16H18N2O2S/c1-21-14-8-4-7-13(14)18-15-11-6-3-2-5-10(11)12(9-17-15)16(19)20/h2-3,5-6,9,13-14H,4,7-8H2,1H3,(H,17,18)(H,19,20). The fourth-order valence-electron chi connectivity index (χ4n) is 3.03. The number of carbonyl (C=O) groups is 1. The lowest BCUT2D eigenvalue weighted by atomic mass is 10.1. The van der Waals surface area contributed by atoms with Crippen LogP contribution in [0.4, 0.5) is 5.82 Å². The minimum Gasteiger partial charge on any atom is -0.478 e. The van der Waals surface area contributed by atoms with Crippen molar-refractivity contribution in [3.8, 4) is 0 Å². The Bertz CT molecular complexity index is 674. The third-order valence-electron chi connectivity index (χ3n) is 4.10. The van der Waals surface area contributed by atoms with Crippen molar-refractivity contribution in [2.45, 2.75) is 30.6 Å². The number of hydrogen-bond donors (Lipinski definition) is 2. The summed E-state index contributed by atoms with van der Waals surface area (Å²) in [5, 5.41) is 15.0. The maximum Gasteiger partial charge on any atom is 0.337 e. The first-order valence-corrected chi connectivity index (χ1v) is 8.40. The number of nitrogens with zero attached hydrogens (tertiary/aromatic N) is 1. The molecule has 4 nitrogen and oxygen atoms in total. The van der Waals surface area contributed by atoms with E-state index in [0.29, 0.717) is 11.3 Å². The summed E-state index contributed by atoms with van der Waals surface area (Å²) in [6.07, 6.45) is 7.19. The molecule has 2 N–H and O–H groups in total. The number of pyridine rings is 1. The number of rotatable bonds is 4. The van der Waals surface area contributed by atoms with Gasteiger partial charge in [-0.15, -0.1) is 0 Å². The largest absolute Gasteiger partial charge is 0.478 e. The second-order valence-corrected chi connectivity index (χ2v) is 6.40. The number of thioether (sulfide) groups is 1. The summed E-state index contributed by atoms with van der Waals surface area (Å²) in [6, 6.07) is 7.96. The lowest BCUT2D eigenvalue weighted by molar-refractivity contribution is 0.0698. The van der Waals surface area contributed by atoms with Crippen LogP contribution >= 0.6 is 11.8 Å². The van der Waals surface area contributed by atoms with E-state index >= 15 is 0 Å². The van der Waals surface area contributed by atoms with Crippen LogP contribution in [-0.2, 0) is 0 Å². The molecule has 2 aromatic rings. The molecule has 1 aromatic heterocycles. The molecular formula is C16H18N2O2S. The fourth-order valence-corrected chi connectivity index (χ4v) is 3.96. The van der Waals surface area contributed by atoms with Crippen molar-refractivity contribution in [1.29, 1.82) is 0 Å². The van der Waals surface area contributed by atoms with Gasteiger partial charge >= 0.3 is 5.97 Å². The van der Waals surface area contributed by atoms with Crippen LogP contribution in [0.1, 0.15) is 29.6 Å². The van der Waals surface area contributed by atoms with Crippen LogP contribution in [-0.4, -0.2) is 33.6 Å². The molecule has 0 saturated heterocycles. The van der Waals surface area contributed by atoms with Crippen molar-refractivity contribution in [1.82, 2.24) is 4.98 Å². The molecular weight excluding hydrogens is 284 g/mol. The smallest absolute Gasteiger partial charge is 0.337 e. The summed E-state index contributed by atoms with van der Waals surface area (Å²) in [5.74, 6) is -0.144. The van der Waals surface area contributed by atoms with E-state index in [0.717, 1.165) is 23.0 Å². The van der Waals surface area contributed by atoms with Gasteiger partial charge in [-0.05, 0) is 19.1 Å². The number of fused-ring (bicyclic) bond motifs is 1. The molecule has 0 radical (unpaired) electrons. The number of nitrogens with one attached hydrogen (secondary N) is 1. The highest BCUT2D eigenvalue weighted by atomic mass is 32.2. The Balaban J connectivity index is 2.00. The first kappa shape index (κ1) is 14.2. The fraction of sp³-hybridized carbons (Fsp3) is 0.375. The lowest BCUT2D eigenvalue weighted by Gasteiger charge is -2.21. The summed E-state index contributed by atoms with van der Waals surface area (Å²) >= 11 is 1.89. The SMILES string of the molecule is CSC1CCCC1Nc1ncc(C(=O)O)c2ccccc12. The van der Waals surface area contributed by atoms with Crippen molar-refractivity contribution in [2.75, 3.05) is 11.6 Å². The molecule has 3 rings (SSSR count). The highest BCUT2D eigenvalue weighted by Crippen LogP contribution is 2.32. The highest BCUT2D eigenvalue weighted by molar-refractivity contribution is 7.99. The number of aromatic nitrogens is 1. The van der Waals surface area contributed by atoms with Crippen molar-refractivity contribution in [3.63, 3.8) is 0 Å². The number of hydrogen-bond acceptors (Lipinski definition) is 4. The average molecular weight is 302 g/mol. The molecule has 2 unspecified atom stereocenters. The number of aromatic carboxylic acids is 1. The van der Waals surface area contributed by atoms with E-state index in [1.54, 1.807) is 0 Å². The van der Waals surface area contributed by atoms with Gasteiger partial charge in [0, 0.05) is 28.3 Å². The van der Waals surface area contributed by atoms with Gasteiger partial charge in [0.2, 0.25) is 0 Å². The zero-order valence-electron chi connectivity index (χ0n) is 11.9. The molecule has 1 aliphatic carbocycles. The van der Waals surface area contributed by atoms with Gasteiger partial charge < -0.3 is 10.4 Å². The molecule has 0 aliphatic heterocycles. The van der Waals surface area contributed by atoms with Gasteiger partial charge in [-0.2, -0.15) is 11.8 Å². The number of carboxylic acids is 1. The average Bonchev–Trinajstić information content (AvgIpc) is 2.94. The summed E-state index contributed by atoms with van der Waals surface area (Å²) < 4.78 is 0. The van der Waals surface area contributed by atoms with Crippen LogP contribution < -0.4 is 5.32 Å². The van der Waals surface area contributed by atoms with Crippen LogP contribution in [0.2, 0.25) is 0 Å². The second-order valence-electron chi connectivity index (χ2n) is 5.33. The Kier molecular flexibility index (Phi) is 4.01. The molecule has 1 heterocycles. The predicted octanol–water partition coefficient (Wildman–Crippen LogP) is 3.63. The predicted molar refractivity (Wildman–Crippen MR) is 87.3 cm³/mol. The van der Waals surface area contributed by atoms with E-state index < -0.39 is 5.97 Å². The Morgan fingerprint density at radius 1 is 1.33 bits per heavy atom. The quantitative estimate of drug-likeness (QED) is 0.903. The van der Waals surface area contributed by atoms with Crippen LogP contribution in [0.3, 0.4) is 0 Å². The summed E-state index contributed by atoms with van der Waals surface area (Å²) in [6.45, 7) is 0. The molecule has 1 aliphatic rings. The van der Waals surface area contributed by atoms with Crippen LogP contribution in [0, 0.1) is 0 Å². The molecule has 21 heavy (non-hydrogen) atoms. The third-order valence-corrected chi connectivity index (χ3v) is 5.27.